The summed E-state index contributed by atoms with van der Waals surface area (Å²) in [5.41, 5.74) is 5.39. The molecule has 2 aromatic heterocycles. The lowest BCUT2D eigenvalue weighted by atomic mass is 9.93. The fourth-order valence-electron chi connectivity index (χ4n) is 3.21. The zero-order valence-corrected chi connectivity index (χ0v) is 23.3. The molecule has 2 heterocycles. The summed E-state index contributed by atoms with van der Waals surface area (Å²) in [7, 11) is 0. The number of benzene rings is 1. The van der Waals surface area contributed by atoms with Gasteiger partial charge in [-0.1, -0.05) is 37.6 Å². The minimum atomic E-state index is -4.59. The molecular weight excluding hydrogens is 581 g/mol. The molecule has 0 atom stereocenters. The van der Waals surface area contributed by atoms with Gasteiger partial charge in [-0.3, -0.25) is 14.4 Å². The molecular formula is C26H28ClF3N8O4. The quantitative estimate of drug-likeness (QED) is 0.194. The predicted octanol–water partition coefficient (Wildman–Crippen LogP) is 3.18. The van der Waals surface area contributed by atoms with Crippen molar-refractivity contribution >= 4 is 46.8 Å². The van der Waals surface area contributed by atoms with E-state index in [0.717, 1.165) is 5.56 Å². The van der Waals surface area contributed by atoms with Crippen molar-refractivity contribution in [1.29, 1.82) is 0 Å². The van der Waals surface area contributed by atoms with Crippen LogP contribution in [0.4, 0.5) is 30.6 Å². The molecule has 3 rings (SSSR count). The zero-order valence-electron chi connectivity index (χ0n) is 22.5. The van der Waals surface area contributed by atoms with Crippen molar-refractivity contribution in [3.8, 4) is 6.01 Å². The third kappa shape index (κ3) is 10.7. The summed E-state index contributed by atoms with van der Waals surface area (Å²) < 4.78 is 42.9. The number of rotatable bonds is 12. The maximum atomic E-state index is 12.7. The van der Waals surface area contributed by atoms with E-state index < -0.39 is 41.9 Å². The summed E-state index contributed by atoms with van der Waals surface area (Å²) in [6, 6.07) is 10.9. The molecule has 0 radical (unpaired) electrons. The standard InChI is InChI=1S/C26H28ClF3N8O4/c1-25(2,13-35-23(41)21(31)39)12-34-22(40)16-5-8-18(33-11-16)36-20-9-19(32-10-15-3-6-17(27)7-4-15)37-24(38-20)42-14-26(28,29)30/h3-9,11H,10,12-14H2,1-2H3,(H2,31,39)(H,34,40)(H,35,41)(H2,32,33,36,37,38). The number of primary amides is 1. The number of ether oxygens (including phenoxy) is 1. The van der Waals surface area contributed by atoms with Gasteiger partial charge in [-0.15, -0.1) is 0 Å². The number of pyridine rings is 1. The van der Waals surface area contributed by atoms with Gasteiger partial charge in [0.2, 0.25) is 0 Å². The Labute approximate surface area is 243 Å². The monoisotopic (exact) mass is 608 g/mol. The number of nitrogens with one attached hydrogen (secondary N) is 4. The molecule has 42 heavy (non-hydrogen) atoms. The van der Waals surface area contributed by atoms with Crippen molar-refractivity contribution in [2.75, 3.05) is 30.3 Å². The summed E-state index contributed by atoms with van der Waals surface area (Å²) in [5.74, 6) is -1.96. The number of hydrogen-bond donors (Lipinski definition) is 5. The summed E-state index contributed by atoms with van der Waals surface area (Å²) in [5, 5.41) is 11.5. The number of halogens is 4. The smallest absolute Gasteiger partial charge is 0.422 e. The largest absolute Gasteiger partial charge is 0.454 e. The molecule has 0 saturated heterocycles. The number of amides is 3. The fraction of sp³-hybridized carbons (Fsp3) is 0.308. The second kappa shape index (κ2) is 13.8. The highest BCUT2D eigenvalue weighted by Crippen LogP contribution is 2.22. The minimum Gasteiger partial charge on any atom is -0.454 e. The van der Waals surface area contributed by atoms with Crippen molar-refractivity contribution in [2.45, 2.75) is 26.6 Å². The maximum absolute atomic E-state index is 12.7. The molecule has 0 aliphatic carbocycles. The SMILES string of the molecule is CC(C)(CNC(=O)C(N)=O)CNC(=O)c1ccc(Nc2cc(NCc3ccc(Cl)cc3)nc(OCC(F)(F)F)n2)nc1. The summed E-state index contributed by atoms with van der Waals surface area (Å²) in [4.78, 5) is 46.9. The first-order valence-electron chi connectivity index (χ1n) is 12.3. The first-order chi connectivity index (χ1) is 19.7. The Kier molecular flexibility index (Phi) is 10.5. The molecule has 0 bridgehead atoms. The van der Waals surface area contributed by atoms with Crippen LogP contribution in [-0.2, 0) is 16.1 Å². The molecule has 0 spiro atoms. The Morgan fingerprint density at radius 3 is 2.24 bits per heavy atom. The van der Waals surface area contributed by atoms with Crippen LogP contribution in [-0.4, -0.2) is 58.5 Å². The van der Waals surface area contributed by atoms with E-state index in [4.69, 9.17) is 22.1 Å². The zero-order chi connectivity index (χ0) is 30.9. The Balaban J connectivity index is 1.65. The molecule has 3 aromatic rings. The lowest BCUT2D eigenvalue weighted by Crippen LogP contribution is -2.45. The molecule has 0 saturated carbocycles. The molecule has 0 aliphatic heterocycles. The molecule has 1 aromatic carbocycles. The molecule has 12 nitrogen and oxygen atoms in total. The van der Waals surface area contributed by atoms with Crippen LogP contribution in [0.2, 0.25) is 5.02 Å². The Bertz CT molecular complexity index is 1400. The summed E-state index contributed by atoms with van der Waals surface area (Å²) in [6.45, 7) is 2.52. The molecule has 0 unspecified atom stereocenters. The number of carbonyl (C=O) groups excluding carboxylic acids is 3. The van der Waals surface area contributed by atoms with Crippen LogP contribution in [0.3, 0.4) is 0 Å². The highest BCUT2D eigenvalue weighted by atomic mass is 35.5. The third-order valence-corrected chi connectivity index (χ3v) is 5.67. The fourth-order valence-corrected chi connectivity index (χ4v) is 3.34. The van der Waals surface area contributed by atoms with Crippen LogP contribution in [0.5, 0.6) is 6.01 Å². The van der Waals surface area contributed by atoms with Gasteiger partial charge in [0.1, 0.15) is 17.5 Å². The van der Waals surface area contributed by atoms with Crippen molar-refractivity contribution in [3.05, 3.63) is 64.8 Å². The third-order valence-electron chi connectivity index (χ3n) is 5.42. The van der Waals surface area contributed by atoms with Crippen LogP contribution in [0.15, 0.2) is 48.7 Å². The van der Waals surface area contributed by atoms with Crippen LogP contribution in [0.25, 0.3) is 0 Å². The summed E-state index contributed by atoms with van der Waals surface area (Å²) in [6.07, 6.45) is -3.30. The van der Waals surface area contributed by atoms with Crippen molar-refractivity contribution in [2.24, 2.45) is 11.1 Å². The minimum absolute atomic E-state index is 0.0882. The first kappa shape index (κ1) is 31.9. The molecule has 16 heteroatoms. The second-order valence-corrected chi connectivity index (χ2v) is 10.2. The normalized spacial score (nSPS) is 11.4. The summed E-state index contributed by atoms with van der Waals surface area (Å²) >= 11 is 5.90. The molecule has 224 valence electrons. The number of alkyl halides is 3. The van der Waals surface area contributed by atoms with E-state index in [0.29, 0.717) is 11.6 Å². The van der Waals surface area contributed by atoms with Crippen molar-refractivity contribution in [1.82, 2.24) is 25.6 Å². The van der Waals surface area contributed by atoms with Gasteiger partial charge in [0.05, 0.1) is 5.56 Å². The van der Waals surface area contributed by atoms with Gasteiger partial charge in [-0.2, -0.15) is 23.1 Å². The highest BCUT2D eigenvalue weighted by molar-refractivity contribution is 6.34. The molecule has 0 aliphatic rings. The first-order valence-corrected chi connectivity index (χ1v) is 12.7. The topological polar surface area (TPSA) is 173 Å². The van der Waals surface area contributed by atoms with Gasteiger partial charge in [-0.25, -0.2) is 4.98 Å². The van der Waals surface area contributed by atoms with Crippen molar-refractivity contribution in [3.63, 3.8) is 0 Å². The lowest BCUT2D eigenvalue weighted by Gasteiger charge is -2.25. The van der Waals surface area contributed by atoms with E-state index in [9.17, 15) is 27.6 Å². The predicted molar refractivity (Wildman–Crippen MR) is 148 cm³/mol. The van der Waals surface area contributed by atoms with Gasteiger partial charge in [0.25, 0.3) is 5.91 Å². The number of anilines is 3. The number of nitrogens with zero attached hydrogens (tertiary/aromatic N) is 3. The molecule has 3 amide bonds. The lowest BCUT2D eigenvalue weighted by molar-refractivity contribution is -0.154. The average Bonchev–Trinajstić information content (AvgIpc) is 2.93. The van der Waals surface area contributed by atoms with E-state index in [-0.39, 0.29) is 36.1 Å². The Morgan fingerprint density at radius 1 is 0.952 bits per heavy atom. The maximum Gasteiger partial charge on any atom is 0.422 e. The van der Waals surface area contributed by atoms with E-state index in [1.54, 1.807) is 38.1 Å². The number of nitrogens with two attached hydrogens (primary N) is 1. The van der Waals surface area contributed by atoms with Gasteiger partial charge >= 0.3 is 24.0 Å². The van der Waals surface area contributed by atoms with E-state index in [1.807, 2.05) is 0 Å². The van der Waals surface area contributed by atoms with E-state index in [1.165, 1.54) is 24.4 Å². The molecule has 6 N–H and O–H groups in total. The van der Waals surface area contributed by atoms with Gasteiger partial charge in [0.15, 0.2) is 6.61 Å². The Hall–Kier alpha value is -4.66. The van der Waals surface area contributed by atoms with E-state index in [2.05, 4.69) is 36.2 Å². The van der Waals surface area contributed by atoms with Gasteiger partial charge < -0.3 is 31.7 Å². The second-order valence-electron chi connectivity index (χ2n) is 9.76. The van der Waals surface area contributed by atoms with Gasteiger partial charge in [-0.05, 0) is 35.2 Å². The van der Waals surface area contributed by atoms with Crippen LogP contribution < -0.4 is 31.7 Å². The van der Waals surface area contributed by atoms with Gasteiger partial charge in [0, 0.05) is 36.9 Å². The number of aromatic nitrogens is 3. The number of hydrogen-bond acceptors (Lipinski definition) is 9. The van der Waals surface area contributed by atoms with Crippen molar-refractivity contribution < 1.29 is 32.3 Å². The molecule has 0 fully saturated rings. The van der Waals surface area contributed by atoms with Crippen LogP contribution in [0, 0.1) is 5.41 Å². The van der Waals surface area contributed by atoms with E-state index >= 15 is 0 Å². The highest BCUT2D eigenvalue weighted by Gasteiger charge is 2.29. The van der Waals surface area contributed by atoms with Crippen LogP contribution >= 0.6 is 11.6 Å². The number of carbonyl (C=O) groups is 3. The van der Waals surface area contributed by atoms with Crippen LogP contribution in [0.1, 0.15) is 29.8 Å². The average molecular weight is 609 g/mol. The Morgan fingerprint density at radius 2 is 1.62 bits per heavy atom.